The lowest BCUT2D eigenvalue weighted by Gasteiger charge is -2.33. The topological polar surface area (TPSA) is 42.1 Å². The van der Waals surface area contributed by atoms with Gasteiger partial charge in [-0.1, -0.05) is 13.8 Å². The molecule has 1 fully saturated rings. The Hall–Kier alpha value is -0.740. The van der Waals surface area contributed by atoms with Crippen LogP contribution in [0.15, 0.2) is 18.3 Å². The summed E-state index contributed by atoms with van der Waals surface area (Å²) in [5.41, 5.74) is 8.22. The Balaban J connectivity index is 2.04. The van der Waals surface area contributed by atoms with Crippen molar-refractivity contribution in [2.24, 2.45) is 5.73 Å². The van der Waals surface area contributed by atoms with Crippen molar-refractivity contribution in [3.8, 4) is 0 Å². The molecule has 0 bridgehead atoms. The van der Waals surface area contributed by atoms with E-state index < -0.39 is 0 Å². The summed E-state index contributed by atoms with van der Waals surface area (Å²) in [5.74, 6) is 1.22. The maximum absolute atomic E-state index is 5.99. The Kier molecular flexibility index (Phi) is 4.89. The van der Waals surface area contributed by atoms with Gasteiger partial charge in [-0.05, 0) is 25.0 Å². The lowest BCUT2D eigenvalue weighted by atomic mass is 10.1. The standard InChI is InChI=1S/C14H23N3S/c1-3-12-10-17(7-8-18-12)11-5-6-14(16-9-11)13(15)4-2/h5-6,9,12-13H,3-4,7-8,10,15H2,1-2H3/t12?,13-/m0/s1. The molecule has 0 aromatic carbocycles. The largest absolute Gasteiger partial charge is 0.368 e. The number of hydrogen-bond acceptors (Lipinski definition) is 4. The van der Waals surface area contributed by atoms with Crippen molar-refractivity contribution < 1.29 is 0 Å². The second-order valence-corrected chi connectivity index (χ2v) is 6.21. The highest BCUT2D eigenvalue weighted by Gasteiger charge is 2.19. The summed E-state index contributed by atoms with van der Waals surface area (Å²) in [7, 11) is 0. The lowest BCUT2D eigenvalue weighted by molar-refractivity contribution is 0.673. The maximum atomic E-state index is 5.99. The molecule has 3 nitrogen and oxygen atoms in total. The van der Waals surface area contributed by atoms with Gasteiger partial charge < -0.3 is 10.6 Å². The van der Waals surface area contributed by atoms with E-state index in [1.165, 1.54) is 17.9 Å². The highest BCUT2D eigenvalue weighted by molar-refractivity contribution is 8.00. The van der Waals surface area contributed by atoms with Gasteiger partial charge in [-0.25, -0.2) is 0 Å². The van der Waals surface area contributed by atoms with Crippen LogP contribution >= 0.6 is 11.8 Å². The molecule has 1 aromatic rings. The highest BCUT2D eigenvalue weighted by atomic mass is 32.2. The third-order valence-corrected chi connectivity index (χ3v) is 4.92. The number of pyridine rings is 1. The molecule has 1 unspecified atom stereocenters. The molecule has 2 rings (SSSR count). The van der Waals surface area contributed by atoms with E-state index in [1.54, 1.807) is 0 Å². The zero-order valence-electron chi connectivity index (χ0n) is 11.3. The van der Waals surface area contributed by atoms with E-state index in [0.29, 0.717) is 0 Å². The Morgan fingerprint density at radius 1 is 1.50 bits per heavy atom. The van der Waals surface area contributed by atoms with Gasteiger partial charge in [-0.15, -0.1) is 0 Å². The zero-order chi connectivity index (χ0) is 13.0. The second kappa shape index (κ2) is 6.43. The number of thioether (sulfide) groups is 1. The average molecular weight is 265 g/mol. The van der Waals surface area contributed by atoms with Crippen molar-refractivity contribution in [2.45, 2.75) is 38.0 Å². The van der Waals surface area contributed by atoms with Gasteiger partial charge in [0.15, 0.2) is 0 Å². The monoisotopic (exact) mass is 265 g/mol. The van der Waals surface area contributed by atoms with Crippen LogP contribution in [0.5, 0.6) is 0 Å². The number of anilines is 1. The molecule has 1 aliphatic heterocycles. The number of nitrogens with zero attached hydrogens (tertiary/aromatic N) is 2. The molecule has 0 aliphatic carbocycles. The van der Waals surface area contributed by atoms with Crippen molar-refractivity contribution in [3.63, 3.8) is 0 Å². The molecule has 100 valence electrons. The van der Waals surface area contributed by atoms with Gasteiger partial charge >= 0.3 is 0 Å². The summed E-state index contributed by atoms with van der Waals surface area (Å²) >= 11 is 2.09. The molecule has 1 aromatic heterocycles. The SMILES string of the molecule is CCC1CN(c2ccc([C@@H](N)CC)nc2)CCS1. The van der Waals surface area contributed by atoms with Crippen molar-refractivity contribution in [1.29, 1.82) is 0 Å². The molecular formula is C14H23N3S. The number of hydrogen-bond donors (Lipinski definition) is 1. The Morgan fingerprint density at radius 3 is 2.94 bits per heavy atom. The van der Waals surface area contributed by atoms with Crippen LogP contribution in [0.25, 0.3) is 0 Å². The van der Waals surface area contributed by atoms with Gasteiger partial charge in [0.25, 0.3) is 0 Å². The number of rotatable bonds is 4. The minimum atomic E-state index is 0.0688. The molecule has 0 amide bonds. The van der Waals surface area contributed by atoms with E-state index >= 15 is 0 Å². The molecule has 2 atom stereocenters. The van der Waals surface area contributed by atoms with Gasteiger partial charge in [0.2, 0.25) is 0 Å². The van der Waals surface area contributed by atoms with Crippen molar-refractivity contribution in [1.82, 2.24) is 4.98 Å². The van der Waals surface area contributed by atoms with E-state index in [4.69, 9.17) is 5.73 Å². The fourth-order valence-electron chi connectivity index (χ4n) is 2.21. The summed E-state index contributed by atoms with van der Waals surface area (Å²) in [6, 6.07) is 4.31. The third-order valence-electron chi connectivity index (χ3n) is 3.55. The fourth-order valence-corrected chi connectivity index (χ4v) is 3.39. The average Bonchev–Trinajstić information content (AvgIpc) is 2.46. The summed E-state index contributed by atoms with van der Waals surface area (Å²) in [6.07, 6.45) is 4.16. The number of aromatic nitrogens is 1. The molecule has 18 heavy (non-hydrogen) atoms. The van der Waals surface area contributed by atoms with Gasteiger partial charge in [0.1, 0.15) is 0 Å². The second-order valence-electron chi connectivity index (χ2n) is 4.80. The fraction of sp³-hybridized carbons (Fsp3) is 0.643. The van der Waals surface area contributed by atoms with E-state index in [1.807, 2.05) is 6.20 Å². The smallest absolute Gasteiger partial charge is 0.0572 e. The molecule has 4 heteroatoms. The van der Waals surface area contributed by atoms with Gasteiger partial charge in [-0.2, -0.15) is 11.8 Å². The van der Waals surface area contributed by atoms with E-state index in [2.05, 4.69) is 47.6 Å². The Bertz CT molecular complexity index is 366. The Labute approximate surface area is 114 Å². The van der Waals surface area contributed by atoms with Crippen LogP contribution in [-0.4, -0.2) is 29.1 Å². The first kappa shape index (κ1) is 13.7. The summed E-state index contributed by atoms with van der Waals surface area (Å²) in [6.45, 7) is 6.63. The first-order valence-electron chi connectivity index (χ1n) is 6.82. The highest BCUT2D eigenvalue weighted by Crippen LogP contribution is 2.25. The van der Waals surface area contributed by atoms with Crippen LogP contribution in [0.4, 0.5) is 5.69 Å². The first-order valence-corrected chi connectivity index (χ1v) is 7.87. The normalized spacial score (nSPS) is 21.9. The van der Waals surface area contributed by atoms with Crippen LogP contribution < -0.4 is 10.6 Å². The quantitative estimate of drug-likeness (QED) is 0.909. The van der Waals surface area contributed by atoms with Crippen LogP contribution in [0.1, 0.15) is 38.4 Å². The molecule has 0 spiro atoms. The van der Waals surface area contributed by atoms with Gasteiger partial charge in [-0.3, -0.25) is 4.98 Å². The van der Waals surface area contributed by atoms with E-state index in [9.17, 15) is 0 Å². The molecule has 1 saturated heterocycles. The van der Waals surface area contributed by atoms with Crippen LogP contribution in [0.3, 0.4) is 0 Å². The first-order chi connectivity index (χ1) is 8.74. The predicted octanol–water partition coefficient (Wildman–Crippen LogP) is 2.82. The molecule has 2 N–H and O–H groups in total. The molecule has 0 saturated carbocycles. The van der Waals surface area contributed by atoms with Crippen LogP contribution in [-0.2, 0) is 0 Å². The van der Waals surface area contributed by atoms with Gasteiger partial charge in [0, 0.05) is 30.1 Å². The van der Waals surface area contributed by atoms with Crippen LogP contribution in [0, 0.1) is 0 Å². The van der Waals surface area contributed by atoms with Gasteiger partial charge in [0.05, 0.1) is 17.6 Å². The third kappa shape index (κ3) is 3.18. The lowest BCUT2D eigenvalue weighted by Crippen LogP contribution is -2.37. The summed E-state index contributed by atoms with van der Waals surface area (Å²) in [4.78, 5) is 6.95. The Morgan fingerprint density at radius 2 is 2.33 bits per heavy atom. The van der Waals surface area contributed by atoms with E-state index in [-0.39, 0.29) is 6.04 Å². The van der Waals surface area contributed by atoms with Crippen molar-refractivity contribution in [3.05, 3.63) is 24.0 Å². The molecule has 2 heterocycles. The summed E-state index contributed by atoms with van der Waals surface area (Å²) < 4.78 is 0. The molecule has 0 radical (unpaired) electrons. The van der Waals surface area contributed by atoms with Crippen molar-refractivity contribution >= 4 is 17.4 Å². The van der Waals surface area contributed by atoms with Crippen molar-refractivity contribution in [2.75, 3.05) is 23.7 Å². The van der Waals surface area contributed by atoms with Crippen LogP contribution in [0.2, 0.25) is 0 Å². The molecular weight excluding hydrogens is 242 g/mol. The zero-order valence-corrected chi connectivity index (χ0v) is 12.1. The minimum Gasteiger partial charge on any atom is -0.368 e. The number of nitrogens with two attached hydrogens (primary N) is 1. The minimum absolute atomic E-state index is 0.0688. The predicted molar refractivity (Wildman–Crippen MR) is 80.2 cm³/mol. The molecule has 1 aliphatic rings. The maximum Gasteiger partial charge on any atom is 0.0572 e. The summed E-state index contributed by atoms with van der Waals surface area (Å²) in [5, 5.41) is 0.760. The van der Waals surface area contributed by atoms with E-state index in [0.717, 1.165) is 30.5 Å².